The van der Waals surface area contributed by atoms with E-state index in [0.29, 0.717) is 40.7 Å². The van der Waals surface area contributed by atoms with Gasteiger partial charge in [-0.2, -0.15) is 0 Å². The van der Waals surface area contributed by atoms with Crippen LogP contribution in [0.25, 0.3) is 10.9 Å². The number of aromatic nitrogens is 2. The number of anilines is 1. The molecule has 1 heterocycles. The molecule has 0 aliphatic heterocycles. The van der Waals surface area contributed by atoms with Gasteiger partial charge in [0.25, 0.3) is 11.5 Å². The molecule has 0 radical (unpaired) electrons. The number of carbonyl (C=O) groups is 2. The molecular formula is C29H30N4O7. The highest BCUT2D eigenvalue weighted by atomic mass is 16.5. The number of methoxy groups -OCH3 is 2. The number of hydrogen-bond acceptors (Lipinski definition) is 7. The summed E-state index contributed by atoms with van der Waals surface area (Å²) in [6.45, 7) is 1.95. The fraction of sp³-hybridized carbons (Fsp3) is 0.241. The lowest BCUT2D eigenvalue weighted by molar-refractivity contribution is -0.116. The molecule has 0 atom stereocenters. The van der Waals surface area contributed by atoms with E-state index in [-0.39, 0.29) is 29.9 Å². The smallest absolute Gasteiger partial charge is 0.332 e. The molecule has 40 heavy (non-hydrogen) atoms. The third-order valence-electron chi connectivity index (χ3n) is 6.26. The van der Waals surface area contributed by atoms with Crippen molar-refractivity contribution in [3.05, 3.63) is 92.6 Å². The van der Waals surface area contributed by atoms with E-state index in [1.807, 2.05) is 6.92 Å². The summed E-state index contributed by atoms with van der Waals surface area (Å²) in [6.07, 6.45) is 0. The van der Waals surface area contributed by atoms with E-state index in [0.717, 1.165) is 4.57 Å². The molecule has 11 heteroatoms. The first-order valence-electron chi connectivity index (χ1n) is 12.5. The van der Waals surface area contributed by atoms with Crippen molar-refractivity contribution in [2.24, 2.45) is 0 Å². The lowest BCUT2D eigenvalue weighted by Gasteiger charge is -2.16. The van der Waals surface area contributed by atoms with Crippen molar-refractivity contribution in [3.63, 3.8) is 0 Å². The summed E-state index contributed by atoms with van der Waals surface area (Å²) in [5.41, 5.74) is 0.575. The van der Waals surface area contributed by atoms with Gasteiger partial charge in [-0.1, -0.05) is 12.1 Å². The van der Waals surface area contributed by atoms with E-state index in [1.165, 1.54) is 38.0 Å². The van der Waals surface area contributed by atoms with Crippen LogP contribution in [0, 0.1) is 0 Å². The number of rotatable bonds is 10. The van der Waals surface area contributed by atoms with E-state index < -0.39 is 17.2 Å². The van der Waals surface area contributed by atoms with Crippen molar-refractivity contribution in [1.29, 1.82) is 0 Å². The average Bonchev–Trinajstić information content (AvgIpc) is 2.97. The molecule has 2 amide bonds. The predicted molar refractivity (Wildman–Crippen MR) is 151 cm³/mol. The van der Waals surface area contributed by atoms with Gasteiger partial charge in [-0.05, 0) is 55.0 Å². The first-order valence-corrected chi connectivity index (χ1v) is 12.5. The van der Waals surface area contributed by atoms with Gasteiger partial charge < -0.3 is 24.8 Å². The normalized spacial score (nSPS) is 10.7. The monoisotopic (exact) mass is 546 g/mol. The van der Waals surface area contributed by atoms with Gasteiger partial charge in [0.1, 0.15) is 12.3 Å². The summed E-state index contributed by atoms with van der Waals surface area (Å²) < 4.78 is 18.5. The topological polar surface area (TPSA) is 130 Å². The second-order valence-corrected chi connectivity index (χ2v) is 8.77. The largest absolute Gasteiger partial charge is 0.494 e. The predicted octanol–water partition coefficient (Wildman–Crippen LogP) is 2.63. The zero-order valence-electron chi connectivity index (χ0n) is 22.6. The highest BCUT2D eigenvalue weighted by Gasteiger charge is 2.19. The molecule has 0 spiro atoms. The lowest BCUT2D eigenvalue weighted by Crippen LogP contribution is -2.42. The number of nitrogens with one attached hydrogen (secondary N) is 2. The van der Waals surface area contributed by atoms with Crippen LogP contribution in [0.4, 0.5) is 5.69 Å². The number of carbonyl (C=O) groups excluding carboxylic acids is 2. The fourth-order valence-corrected chi connectivity index (χ4v) is 4.27. The molecular weight excluding hydrogens is 516 g/mol. The minimum atomic E-state index is -0.679. The highest BCUT2D eigenvalue weighted by Crippen LogP contribution is 2.30. The number of ether oxygens (including phenoxy) is 3. The number of fused-ring (bicyclic) bond motifs is 1. The van der Waals surface area contributed by atoms with Gasteiger partial charge in [0.2, 0.25) is 5.91 Å². The van der Waals surface area contributed by atoms with Gasteiger partial charge in [0.05, 0.1) is 38.3 Å². The van der Waals surface area contributed by atoms with Crippen LogP contribution < -0.4 is 36.1 Å². The van der Waals surface area contributed by atoms with Crippen LogP contribution >= 0.6 is 0 Å². The summed E-state index contributed by atoms with van der Waals surface area (Å²) in [7, 11) is 4.41. The Labute approximate surface area is 229 Å². The van der Waals surface area contributed by atoms with Gasteiger partial charge in [-0.15, -0.1) is 0 Å². The number of amides is 2. The Hall–Kier alpha value is -5.06. The van der Waals surface area contributed by atoms with Crippen molar-refractivity contribution in [1.82, 2.24) is 14.5 Å². The summed E-state index contributed by atoms with van der Waals surface area (Å²) in [4.78, 5) is 52.2. The van der Waals surface area contributed by atoms with Gasteiger partial charge in [0, 0.05) is 24.4 Å². The minimum Gasteiger partial charge on any atom is -0.494 e. The van der Waals surface area contributed by atoms with Crippen LogP contribution in [0.2, 0.25) is 0 Å². The summed E-state index contributed by atoms with van der Waals surface area (Å²) in [5.74, 6) is 0.549. The summed E-state index contributed by atoms with van der Waals surface area (Å²) in [6, 6.07) is 16.4. The van der Waals surface area contributed by atoms with Gasteiger partial charge in [-0.25, -0.2) is 4.79 Å². The maximum Gasteiger partial charge on any atom is 0.332 e. The number of nitrogens with zero attached hydrogens (tertiary/aromatic N) is 2. The van der Waals surface area contributed by atoms with E-state index in [4.69, 9.17) is 14.2 Å². The zero-order chi connectivity index (χ0) is 28.8. The zero-order valence-corrected chi connectivity index (χ0v) is 22.6. The molecule has 0 aliphatic rings. The second kappa shape index (κ2) is 12.2. The minimum absolute atomic E-state index is 0.0729. The third kappa shape index (κ3) is 5.83. The molecule has 0 bridgehead atoms. The van der Waals surface area contributed by atoms with Crippen LogP contribution in [0.1, 0.15) is 22.8 Å². The summed E-state index contributed by atoms with van der Waals surface area (Å²) in [5, 5.41) is 5.49. The Kier molecular flexibility index (Phi) is 8.53. The quantitative estimate of drug-likeness (QED) is 0.313. The Bertz CT molecular complexity index is 1660. The van der Waals surface area contributed by atoms with Crippen LogP contribution in [0.5, 0.6) is 17.2 Å². The number of benzene rings is 3. The van der Waals surface area contributed by atoms with E-state index in [9.17, 15) is 19.2 Å². The Balaban J connectivity index is 1.76. The molecule has 0 saturated carbocycles. The molecule has 2 N–H and O–H groups in total. The van der Waals surface area contributed by atoms with Gasteiger partial charge in [0.15, 0.2) is 11.5 Å². The van der Waals surface area contributed by atoms with Crippen LogP contribution in [0.15, 0.2) is 70.3 Å². The highest BCUT2D eigenvalue weighted by molar-refractivity contribution is 5.94. The summed E-state index contributed by atoms with van der Waals surface area (Å²) >= 11 is 0. The van der Waals surface area contributed by atoms with Crippen molar-refractivity contribution in [2.75, 3.05) is 33.2 Å². The van der Waals surface area contributed by atoms with Crippen LogP contribution in [-0.2, 0) is 17.9 Å². The van der Waals surface area contributed by atoms with Crippen LogP contribution in [-0.4, -0.2) is 48.8 Å². The standard InChI is InChI=1S/C29H30N4O7/c1-5-40-21-12-10-20(11-13-21)31-26(34)17-32-23-15-25(39-4)24(38-3)14-22(23)28(36)33(29(32)37)16-18-6-8-19(9-7-18)27(35)30-2/h6-15H,5,16-17H2,1-4H3,(H,30,35)(H,31,34). The van der Waals surface area contributed by atoms with Crippen LogP contribution in [0.3, 0.4) is 0 Å². The SMILES string of the molecule is CCOc1ccc(NC(=O)Cn2c(=O)n(Cc3ccc(C(=O)NC)cc3)c(=O)c3cc(OC)c(OC)cc32)cc1. The molecule has 1 aromatic heterocycles. The second-order valence-electron chi connectivity index (χ2n) is 8.77. The van der Waals surface area contributed by atoms with E-state index >= 15 is 0 Å². The molecule has 4 rings (SSSR count). The molecule has 208 valence electrons. The molecule has 0 saturated heterocycles. The maximum absolute atomic E-state index is 13.7. The third-order valence-corrected chi connectivity index (χ3v) is 6.26. The van der Waals surface area contributed by atoms with Gasteiger partial charge >= 0.3 is 5.69 Å². The molecule has 11 nitrogen and oxygen atoms in total. The van der Waals surface area contributed by atoms with Crippen molar-refractivity contribution in [3.8, 4) is 17.2 Å². The maximum atomic E-state index is 13.7. The molecule has 0 fully saturated rings. The van der Waals surface area contributed by atoms with Gasteiger partial charge in [-0.3, -0.25) is 23.5 Å². The molecule has 4 aromatic rings. The van der Waals surface area contributed by atoms with Crippen molar-refractivity contribution in [2.45, 2.75) is 20.0 Å². The first-order chi connectivity index (χ1) is 19.3. The van der Waals surface area contributed by atoms with Crippen molar-refractivity contribution >= 4 is 28.4 Å². The first kappa shape index (κ1) is 28.0. The van der Waals surface area contributed by atoms with Crippen molar-refractivity contribution < 1.29 is 23.8 Å². The molecule has 0 unspecified atom stereocenters. The van der Waals surface area contributed by atoms with E-state index in [2.05, 4.69) is 10.6 Å². The molecule has 0 aliphatic carbocycles. The average molecular weight is 547 g/mol. The number of hydrogen-bond donors (Lipinski definition) is 2. The molecule has 3 aromatic carbocycles. The Morgan fingerprint density at radius 3 is 2.12 bits per heavy atom. The van der Waals surface area contributed by atoms with E-state index in [1.54, 1.807) is 48.5 Å². The Morgan fingerprint density at radius 2 is 1.52 bits per heavy atom. The Morgan fingerprint density at radius 1 is 0.875 bits per heavy atom. The lowest BCUT2D eigenvalue weighted by atomic mass is 10.1. The fourth-order valence-electron chi connectivity index (χ4n) is 4.27.